The first-order valence-corrected chi connectivity index (χ1v) is 8.05. The lowest BCUT2D eigenvalue weighted by atomic mass is 10.00. The highest BCUT2D eigenvalue weighted by molar-refractivity contribution is 5.78. The van der Waals surface area contributed by atoms with Gasteiger partial charge in [0, 0.05) is 19.2 Å². The van der Waals surface area contributed by atoms with Crippen LogP contribution in [0.15, 0.2) is 24.3 Å². The van der Waals surface area contributed by atoms with E-state index in [1.165, 1.54) is 18.6 Å². The van der Waals surface area contributed by atoms with Crippen LogP contribution in [0.1, 0.15) is 31.2 Å². The lowest BCUT2D eigenvalue weighted by Crippen LogP contribution is -2.46. The van der Waals surface area contributed by atoms with Crippen LogP contribution in [-0.2, 0) is 11.2 Å². The van der Waals surface area contributed by atoms with Crippen molar-refractivity contribution in [3.63, 3.8) is 0 Å². The number of rotatable bonds is 7. The molecule has 1 aromatic rings. The molecule has 1 saturated heterocycles. The van der Waals surface area contributed by atoms with Gasteiger partial charge in [0.05, 0.1) is 6.54 Å². The third-order valence-corrected chi connectivity index (χ3v) is 4.21. The number of hydrogen-bond donors (Lipinski definition) is 2. The fourth-order valence-electron chi connectivity index (χ4n) is 2.98. The molecule has 1 aliphatic heterocycles. The number of halogens is 1. The fraction of sp³-hybridized carbons (Fsp3) is 0.588. The number of amides is 1. The van der Waals surface area contributed by atoms with Crippen molar-refractivity contribution in [2.45, 2.75) is 38.1 Å². The fourth-order valence-corrected chi connectivity index (χ4v) is 2.98. The molecule has 22 heavy (non-hydrogen) atoms. The minimum atomic E-state index is -0.243. The van der Waals surface area contributed by atoms with Crippen LogP contribution in [0.25, 0.3) is 0 Å². The third-order valence-electron chi connectivity index (χ3n) is 4.21. The smallest absolute Gasteiger partial charge is 0.234 e. The molecule has 0 aromatic heterocycles. The summed E-state index contributed by atoms with van der Waals surface area (Å²) in [5, 5.41) is 12.0. The predicted molar refractivity (Wildman–Crippen MR) is 84.0 cm³/mol. The predicted octanol–water partition coefficient (Wildman–Crippen LogP) is 1.72. The summed E-state index contributed by atoms with van der Waals surface area (Å²) < 4.78 is 12.8. The van der Waals surface area contributed by atoms with Gasteiger partial charge in [0.2, 0.25) is 5.91 Å². The molecular weight excluding hydrogens is 283 g/mol. The van der Waals surface area contributed by atoms with Gasteiger partial charge in [0.25, 0.3) is 0 Å². The first kappa shape index (κ1) is 16.9. The molecule has 1 fully saturated rings. The quantitative estimate of drug-likeness (QED) is 0.806. The van der Waals surface area contributed by atoms with Crippen LogP contribution in [0.3, 0.4) is 0 Å². The third kappa shape index (κ3) is 5.39. The van der Waals surface area contributed by atoms with E-state index in [1.54, 1.807) is 12.1 Å². The molecule has 2 N–H and O–H groups in total. The van der Waals surface area contributed by atoms with Gasteiger partial charge in [0.15, 0.2) is 0 Å². The van der Waals surface area contributed by atoms with E-state index in [4.69, 9.17) is 5.11 Å². The summed E-state index contributed by atoms with van der Waals surface area (Å²) in [6.07, 6.45) is 4.79. The maximum Gasteiger partial charge on any atom is 0.234 e. The lowest BCUT2D eigenvalue weighted by molar-refractivity contribution is -0.123. The summed E-state index contributed by atoms with van der Waals surface area (Å²) >= 11 is 0. The highest BCUT2D eigenvalue weighted by atomic mass is 19.1. The number of nitrogens with one attached hydrogen (secondary N) is 1. The van der Waals surface area contributed by atoms with Gasteiger partial charge in [-0.1, -0.05) is 18.6 Å². The Bertz CT molecular complexity index is 462. The highest BCUT2D eigenvalue weighted by Crippen LogP contribution is 2.18. The maximum absolute atomic E-state index is 12.8. The van der Waals surface area contributed by atoms with Crippen molar-refractivity contribution in [3.05, 3.63) is 35.6 Å². The molecule has 1 atom stereocenters. The zero-order valence-electron chi connectivity index (χ0n) is 12.9. The highest BCUT2D eigenvalue weighted by Gasteiger charge is 2.23. The van der Waals surface area contributed by atoms with Crippen molar-refractivity contribution < 1.29 is 14.3 Å². The van der Waals surface area contributed by atoms with Gasteiger partial charge < -0.3 is 10.4 Å². The molecule has 1 aromatic carbocycles. The number of benzene rings is 1. The second-order valence-electron chi connectivity index (χ2n) is 5.86. The van der Waals surface area contributed by atoms with Crippen molar-refractivity contribution in [1.82, 2.24) is 10.2 Å². The molecule has 1 unspecified atom stereocenters. The number of hydrogen-bond acceptors (Lipinski definition) is 3. The van der Waals surface area contributed by atoms with Crippen molar-refractivity contribution in [3.8, 4) is 0 Å². The van der Waals surface area contributed by atoms with E-state index in [9.17, 15) is 9.18 Å². The standard InChI is InChI=1S/C17H25FN2O2/c18-15-6-4-14(5-7-15)8-10-19-17(22)13-20-11-2-1-3-16(20)9-12-21/h4-7,16,21H,1-3,8-13H2,(H,19,22). The summed E-state index contributed by atoms with van der Waals surface area (Å²) in [5.41, 5.74) is 1.01. The Morgan fingerprint density at radius 3 is 2.82 bits per heavy atom. The average molecular weight is 308 g/mol. The molecule has 1 aliphatic rings. The Labute approximate surface area is 131 Å². The van der Waals surface area contributed by atoms with Gasteiger partial charge >= 0.3 is 0 Å². The second-order valence-corrected chi connectivity index (χ2v) is 5.86. The van der Waals surface area contributed by atoms with E-state index >= 15 is 0 Å². The second kappa shape index (κ2) is 8.86. The van der Waals surface area contributed by atoms with Gasteiger partial charge in [-0.05, 0) is 49.9 Å². The molecule has 122 valence electrons. The molecule has 4 nitrogen and oxygen atoms in total. The number of carbonyl (C=O) groups excluding carboxylic acids is 1. The number of carbonyl (C=O) groups is 1. The largest absolute Gasteiger partial charge is 0.396 e. The van der Waals surface area contributed by atoms with Gasteiger partial charge in [-0.3, -0.25) is 9.69 Å². The lowest BCUT2D eigenvalue weighted by Gasteiger charge is -2.34. The summed E-state index contributed by atoms with van der Waals surface area (Å²) in [5.74, 6) is -0.222. The molecule has 0 spiro atoms. The van der Waals surface area contributed by atoms with Crippen molar-refractivity contribution >= 4 is 5.91 Å². The molecular formula is C17H25FN2O2. The molecule has 2 rings (SSSR count). The molecule has 5 heteroatoms. The van der Waals surface area contributed by atoms with E-state index in [1.807, 2.05) is 0 Å². The van der Waals surface area contributed by atoms with Gasteiger partial charge in [-0.2, -0.15) is 0 Å². The summed E-state index contributed by atoms with van der Waals surface area (Å²) in [6.45, 7) is 2.06. The summed E-state index contributed by atoms with van der Waals surface area (Å²) in [4.78, 5) is 14.2. The van der Waals surface area contributed by atoms with E-state index in [2.05, 4.69) is 10.2 Å². The molecule has 0 saturated carbocycles. The Hall–Kier alpha value is -1.46. The van der Waals surface area contributed by atoms with Gasteiger partial charge in [-0.15, -0.1) is 0 Å². The Kier molecular flexibility index (Phi) is 6.80. The number of aliphatic hydroxyl groups is 1. The molecule has 0 aliphatic carbocycles. The average Bonchev–Trinajstić information content (AvgIpc) is 2.51. The van der Waals surface area contributed by atoms with Crippen molar-refractivity contribution in [2.24, 2.45) is 0 Å². The Morgan fingerprint density at radius 2 is 2.09 bits per heavy atom. The van der Waals surface area contributed by atoms with E-state index < -0.39 is 0 Å². The monoisotopic (exact) mass is 308 g/mol. The van der Waals surface area contributed by atoms with Gasteiger partial charge in [0.1, 0.15) is 5.82 Å². The maximum atomic E-state index is 12.8. The van der Waals surface area contributed by atoms with Crippen molar-refractivity contribution in [2.75, 3.05) is 26.2 Å². The molecule has 1 heterocycles. The Balaban J connectivity index is 1.71. The first-order valence-electron chi connectivity index (χ1n) is 8.05. The number of likely N-dealkylation sites (tertiary alicyclic amines) is 1. The van der Waals surface area contributed by atoms with Crippen molar-refractivity contribution in [1.29, 1.82) is 0 Å². The van der Waals surface area contributed by atoms with Crippen LogP contribution in [0, 0.1) is 5.82 Å². The van der Waals surface area contributed by atoms with Crippen LogP contribution in [-0.4, -0.2) is 48.2 Å². The number of aliphatic hydroxyl groups excluding tert-OH is 1. The Morgan fingerprint density at radius 1 is 1.32 bits per heavy atom. The van der Waals surface area contributed by atoms with Crippen LogP contribution >= 0.6 is 0 Å². The molecule has 0 bridgehead atoms. The topological polar surface area (TPSA) is 52.6 Å². The zero-order chi connectivity index (χ0) is 15.8. The van der Waals surface area contributed by atoms with E-state index in [0.29, 0.717) is 25.6 Å². The normalized spacial score (nSPS) is 19.1. The number of piperidine rings is 1. The van der Waals surface area contributed by atoms with E-state index in [0.717, 1.165) is 31.4 Å². The van der Waals surface area contributed by atoms with Crippen LogP contribution < -0.4 is 5.32 Å². The SMILES string of the molecule is O=C(CN1CCCCC1CCO)NCCc1ccc(F)cc1. The minimum Gasteiger partial charge on any atom is -0.396 e. The van der Waals surface area contributed by atoms with Crippen LogP contribution in [0.4, 0.5) is 4.39 Å². The van der Waals surface area contributed by atoms with E-state index in [-0.39, 0.29) is 18.3 Å². The summed E-state index contributed by atoms with van der Waals surface area (Å²) in [7, 11) is 0. The first-order chi connectivity index (χ1) is 10.7. The van der Waals surface area contributed by atoms with Gasteiger partial charge in [-0.25, -0.2) is 4.39 Å². The van der Waals surface area contributed by atoms with Crippen LogP contribution in [0.2, 0.25) is 0 Å². The molecule has 1 amide bonds. The number of nitrogens with zero attached hydrogens (tertiary/aromatic N) is 1. The summed E-state index contributed by atoms with van der Waals surface area (Å²) in [6, 6.07) is 6.67. The van der Waals surface area contributed by atoms with Crippen LogP contribution in [0.5, 0.6) is 0 Å². The molecule has 0 radical (unpaired) electrons. The zero-order valence-corrected chi connectivity index (χ0v) is 12.9. The minimum absolute atomic E-state index is 0.0203.